The molecule has 2 rings (SSSR count). The fourth-order valence-electron chi connectivity index (χ4n) is 1.48. The van der Waals surface area contributed by atoms with E-state index in [1.165, 1.54) is 12.1 Å². The second-order valence-electron chi connectivity index (χ2n) is 4.07. The van der Waals surface area contributed by atoms with Crippen molar-refractivity contribution in [1.29, 1.82) is 5.26 Å². The number of rotatable bonds is 3. The van der Waals surface area contributed by atoms with E-state index >= 15 is 0 Å². The summed E-state index contributed by atoms with van der Waals surface area (Å²) in [5.41, 5.74) is -0.835. The number of carbonyl (C=O) groups excluding carboxylic acids is 1. The van der Waals surface area contributed by atoms with Crippen LogP contribution in [0.5, 0.6) is 0 Å². The highest BCUT2D eigenvalue weighted by atomic mass is 35.5. The highest BCUT2D eigenvalue weighted by molar-refractivity contribution is 6.34. The van der Waals surface area contributed by atoms with E-state index in [0.717, 1.165) is 6.07 Å². The van der Waals surface area contributed by atoms with Gasteiger partial charge in [0.2, 0.25) is 5.91 Å². The number of amides is 1. The van der Waals surface area contributed by atoms with Crippen molar-refractivity contribution < 1.29 is 9.72 Å². The lowest BCUT2D eigenvalue weighted by Gasteiger charge is -2.09. The van der Waals surface area contributed by atoms with E-state index in [2.05, 4.69) is 5.32 Å². The van der Waals surface area contributed by atoms with Crippen molar-refractivity contribution in [2.45, 2.75) is 12.8 Å². The zero-order valence-corrected chi connectivity index (χ0v) is 9.90. The van der Waals surface area contributed by atoms with Crippen LogP contribution in [0.4, 0.5) is 11.4 Å². The molecule has 0 radical (unpaired) electrons. The molecule has 1 aromatic carbocycles. The van der Waals surface area contributed by atoms with Crippen molar-refractivity contribution in [3.05, 3.63) is 33.3 Å². The number of nitro benzene ring substituents is 1. The fraction of sp³-hybridized carbons (Fsp3) is 0.273. The van der Waals surface area contributed by atoms with E-state index in [1.54, 1.807) is 0 Å². The minimum atomic E-state index is -0.953. The lowest BCUT2D eigenvalue weighted by atomic mass is 10.1. The van der Waals surface area contributed by atoms with Crippen molar-refractivity contribution in [1.82, 2.24) is 0 Å². The van der Waals surface area contributed by atoms with Crippen LogP contribution >= 0.6 is 11.6 Å². The van der Waals surface area contributed by atoms with E-state index in [9.17, 15) is 14.9 Å². The number of anilines is 1. The molecule has 1 amide bonds. The van der Waals surface area contributed by atoms with Crippen LogP contribution in [0.15, 0.2) is 18.2 Å². The van der Waals surface area contributed by atoms with Crippen LogP contribution in [0.1, 0.15) is 12.8 Å². The molecule has 1 fully saturated rings. The van der Waals surface area contributed by atoms with Gasteiger partial charge in [0.1, 0.15) is 5.41 Å². The third kappa shape index (κ3) is 2.13. The smallest absolute Gasteiger partial charge is 0.271 e. The molecule has 0 spiro atoms. The Labute approximate surface area is 107 Å². The summed E-state index contributed by atoms with van der Waals surface area (Å²) >= 11 is 5.83. The van der Waals surface area contributed by atoms with Crippen molar-refractivity contribution >= 4 is 28.9 Å². The first-order valence-corrected chi connectivity index (χ1v) is 5.53. The van der Waals surface area contributed by atoms with Gasteiger partial charge in [-0.1, -0.05) is 11.6 Å². The Morgan fingerprint density at radius 1 is 1.56 bits per heavy atom. The normalized spacial score (nSPS) is 15.6. The minimum absolute atomic E-state index is 0.0753. The number of hydrogen-bond acceptors (Lipinski definition) is 4. The molecule has 1 N–H and O–H groups in total. The van der Waals surface area contributed by atoms with Crippen molar-refractivity contribution in [2.24, 2.45) is 5.41 Å². The van der Waals surface area contributed by atoms with Crippen LogP contribution in [0.2, 0.25) is 5.02 Å². The van der Waals surface area contributed by atoms with Gasteiger partial charge in [-0.2, -0.15) is 5.26 Å². The maximum Gasteiger partial charge on any atom is 0.271 e. The Bertz CT molecular complexity index is 575. The summed E-state index contributed by atoms with van der Waals surface area (Å²) in [6.45, 7) is 0. The molecular weight excluding hydrogens is 258 g/mol. The molecule has 1 saturated carbocycles. The predicted octanol–water partition coefficient (Wildman–Crippen LogP) is 2.49. The monoisotopic (exact) mass is 265 g/mol. The number of nitriles is 1. The largest absolute Gasteiger partial charge is 0.323 e. The Hall–Kier alpha value is -2.13. The first-order valence-electron chi connectivity index (χ1n) is 5.15. The van der Waals surface area contributed by atoms with E-state index in [0.29, 0.717) is 12.8 Å². The van der Waals surface area contributed by atoms with Gasteiger partial charge < -0.3 is 5.32 Å². The topological polar surface area (TPSA) is 96.0 Å². The average molecular weight is 266 g/mol. The minimum Gasteiger partial charge on any atom is -0.323 e. The first kappa shape index (κ1) is 12.3. The molecule has 0 bridgehead atoms. The SMILES string of the molecule is N#CC1(C(=O)Nc2ccc([N+](=O)[O-])cc2Cl)CC1. The van der Waals surface area contributed by atoms with Gasteiger partial charge in [0.25, 0.3) is 5.69 Å². The third-order valence-electron chi connectivity index (χ3n) is 2.81. The molecule has 7 heteroatoms. The van der Waals surface area contributed by atoms with E-state index in [4.69, 9.17) is 16.9 Å². The molecule has 0 heterocycles. The number of halogens is 1. The summed E-state index contributed by atoms with van der Waals surface area (Å²) < 4.78 is 0. The van der Waals surface area contributed by atoms with Gasteiger partial charge in [0.15, 0.2) is 0 Å². The van der Waals surface area contributed by atoms with Crippen LogP contribution in [-0.2, 0) is 4.79 Å². The van der Waals surface area contributed by atoms with Crippen LogP contribution in [0.25, 0.3) is 0 Å². The lowest BCUT2D eigenvalue weighted by molar-refractivity contribution is -0.384. The van der Waals surface area contributed by atoms with E-state index in [1.807, 2.05) is 6.07 Å². The molecule has 1 aliphatic carbocycles. The summed E-state index contributed by atoms with van der Waals surface area (Å²) in [4.78, 5) is 21.7. The van der Waals surface area contributed by atoms with Crippen LogP contribution in [-0.4, -0.2) is 10.8 Å². The molecule has 1 aliphatic rings. The Morgan fingerprint density at radius 2 is 2.22 bits per heavy atom. The van der Waals surface area contributed by atoms with Gasteiger partial charge in [0.05, 0.1) is 21.7 Å². The zero-order valence-electron chi connectivity index (χ0n) is 9.14. The highest BCUT2D eigenvalue weighted by Crippen LogP contribution is 2.46. The Morgan fingerprint density at radius 3 is 2.67 bits per heavy atom. The molecule has 0 unspecified atom stereocenters. The van der Waals surface area contributed by atoms with Crippen molar-refractivity contribution in [2.75, 3.05) is 5.32 Å². The third-order valence-corrected chi connectivity index (χ3v) is 3.12. The van der Waals surface area contributed by atoms with Crippen LogP contribution < -0.4 is 5.32 Å². The number of non-ortho nitro benzene ring substituents is 1. The summed E-state index contributed by atoms with van der Waals surface area (Å²) in [5, 5.41) is 22.0. The summed E-state index contributed by atoms with van der Waals surface area (Å²) in [7, 11) is 0. The van der Waals surface area contributed by atoms with Gasteiger partial charge in [-0.3, -0.25) is 14.9 Å². The van der Waals surface area contributed by atoms with Crippen molar-refractivity contribution in [3.8, 4) is 6.07 Å². The van der Waals surface area contributed by atoms with Gasteiger partial charge >= 0.3 is 0 Å². The molecule has 0 aromatic heterocycles. The van der Waals surface area contributed by atoms with Gasteiger partial charge in [0, 0.05) is 12.1 Å². The van der Waals surface area contributed by atoms with Crippen LogP contribution in [0.3, 0.4) is 0 Å². The standard InChI is InChI=1S/C11H8ClN3O3/c12-8-5-7(15(17)18)1-2-9(8)14-10(16)11(6-13)3-4-11/h1-2,5H,3-4H2,(H,14,16). The number of hydrogen-bond donors (Lipinski definition) is 1. The van der Waals surface area contributed by atoms with Crippen LogP contribution in [0, 0.1) is 26.9 Å². The molecule has 18 heavy (non-hydrogen) atoms. The molecule has 92 valence electrons. The summed E-state index contributed by atoms with van der Waals surface area (Å²) in [6.07, 6.45) is 1.06. The molecule has 0 atom stereocenters. The number of benzene rings is 1. The summed E-state index contributed by atoms with van der Waals surface area (Å²) in [5.74, 6) is -0.416. The Balaban J connectivity index is 2.18. The summed E-state index contributed by atoms with van der Waals surface area (Å²) in [6, 6.07) is 5.71. The molecular formula is C11H8ClN3O3. The number of nitrogens with zero attached hydrogens (tertiary/aromatic N) is 2. The quantitative estimate of drug-likeness (QED) is 0.671. The number of carbonyl (C=O) groups is 1. The average Bonchev–Trinajstić information content (AvgIpc) is 3.12. The van der Waals surface area contributed by atoms with E-state index in [-0.39, 0.29) is 16.4 Å². The first-order chi connectivity index (χ1) is 8.48. The maximum atomic E-state index is 11.8. The second-order valence-corrected chi connectivity index (χ2v) is 4.48. The predicted molar refractivity (Wildman–Crippen MR) is 64.0 cm³/mol. The fourth-order valence-corrected chi connectivity index (χ4v) is 1.70. The zero-order chi connectivity index (χ0) is 13.3. The van der Waals surface area contributed by atoms with E-state index < -0.39 is 16.2 Å². The Kier molecular flexibility index (Phi) is 2.93. The number of nitrogens with one attached hydrogen (secondary N) is 1. The second kappa shape index (κ2) is 4.27. The molecule has 0 aliphatic heterocycles. The lowest BCUT2D eigenvalue weighted by Crippen LogP contribution is -2.22. The van der Waals surface area contributed by atoms with Gasteiger partial charge in [-0.25, -0.2) is 0 Å². The van der Waals surface area contributed by atoms with Crippen molar-refractivity contribution in [3.63, 3.8) is 0 Å². The van der Waals surface area contributed by atoms with Gasteiger partial charge in [-0.05, 0) is 18.9 Å². The number of nitro groups is 1. The molecule has 6 nitrogen and oxygen atoms in total. The van der Waals surface area contributed by atoms with Gasteiger partial charge in [-0.15, -0.1) is 0 Å². The highest BCUT2D eigenvalue weighted by Gasteiger charge is 2.50. The maximum absolute atomic E-state index is 11.8. The molecule has 1 aromatic rings. The molecule has 0 saturated heterocycles.